The largest absolute Gasteiger partial charge is 0.472 e. The molecular formula is C66H128O17P2. The zero-order valence-corrected chi connectivity index (χ0v) is 57.0. The predicted molar refractivity (Wildman–Crippen MR) is 340 cm³/mol. The van der Waals surface area contributed by atoms with Crippen molar-refractivity contribution < 1.29 is 80.2 Å². The molecule has 0 amide bonds. The van der Waals surface area contributed by atoms with Crippen LogP contribution in [0.4, 0.5) is 0 Å². The highest BCUT2D eigenvalue weighted by Gasteiger charge is 2.30. The lowest BCUT2D eigenvalue weighted by molar-refractivity contribution is -0.161. The maximum absolute atomic E-state index is 13.0. The highest BCUT2D eigenvalue weighted by Crippen LogP contribution is 2.45. The van der Waals surface area contributed by atoms with Crippen LogP contribution in [0.3, 0.4) is 0 Å². The molecular weight excluding hydrogens is 1130 g/mol. The fourth-order valence-corrected chi connectivity index (χ4v) is 11.3. The van der Waals surface area contributed by atoms with Crippen molar-refractivity contribution in [3.63, 3.8) is 0 Å². The molecule has 7 atom stereocenters. The molecule has 0 aromatic heterocycles. The molecule has 0 aliphatic heterocycles. The maximum Gasteiger partial charge on any atom is 0.472 e. The molecule has 0 aliphatic carbocycles. The minimum absolute atomic E-state index is 0.101. The summed E-state index contributed by atoms with van der Waals surface area (Å²) >= 11 is 0. The van der Waals surface area contributed by atoms with Gasteiger partial charge in [0.1, 0.15) is 19.3 Å². The highest BCUT2D eigenvalue weighted by molar-refractivity contribution is 7.47. The Bertz CT molecular complexity index is 1700. The van der Waals surface area contributed by atoms with E-state index in [-0.39, 0.29) is 25.7 Å². The zero-order valence-electron chi connectivity index (χ0n) is 55.2. The van der Waals surface area contributed by atoms with Crippen molar-refractivity contribution in [3.8, 4) is 0 Å². The second-order valence-electron chi connectivity index (χ2n) is 25.3. The first-order valence-corrected chi connectivity index (χ1v) is 37.3. The molecule has 0 aromatic rings. The van der Waals surface area contributed by atoms with Gasteiger partial charge in [-0.15, -0.1) is 0 Å². The van der Waals surface area contributed by atoms with E-state index in [1.807, 2.05) is 0 Å². The Morgan fingerprint density at radius 2 is 0.565 bits per heavy atom. The van der Waals surface area contributed by atoms with Crippen LogP contribution in [0.2, 0.25) is 0 Å². The van der Waals surface area contributed by atoms with Gasteiger partial charge < -0.3 is 33.8 Å². The van der Waals surface area contributed by atoms with Crippen molar-refractivity contribution in [3.05, 3.63) is 0 Å². The van der Waals surface area contributed by atoms with Gasteiger partial charge in [0.15, 0.2) is 12.2 Å². The quantitative estimate of drug-likeness (QED) is 0.0222. The number of esters is 4. The first kappa shape index (κ1) is 83.1. The van der Waals surface area contributed by atoms with E-state index in [2.05, 4.69) is 55.4 Å². The lowest BCUT2D eigenvalue weighted by atomic mass is 10.00. The van der Waals surface area contributed by atoms with Gasteiger partial charge in [0.05, 0.1) is 26.4 Å². The Labute approximate surface area is 517 Å². The molecule has 0 spiro atoms. The average molecular weight is 1260 g/mol. The van der Waals surface area contributed by atoms with Crippen LogP contribution in [-0.2, 0) is 65.4 Å². The highest BCUT2D eigenvalue weighted by atomic mass is 31.2. The van der Waals surface area contributed by atoms with E-state index in [0.29, 0.717) is 25.7 Å². The lowest BCUT2D eigenvalue weighted by Gasteiger charge is -2.21. The summed E-state index contributed by atoms with van der Waals surface area (Å²) in [4.78, 5) is 72.3. The molecule has 17 nitrogen and oxygen atoms in total. The molecule has 0 saturated carbocycles. The molecule has 0 saturated heterocycles. The van der Waals surface area contributed by atoms with Crippen LogP contribution in [0, 0.1) is 23.7 Å². The number of hydrogen-bond donors (Lipinski definition) is 3. The first-order valence-electron chi connectivity index (χ1n) is 34.3. The summed E-state index contributed by atoms with van der Waals surface area (Å²) in [6, 6.07) is 0. The topological polar surface area (TPSA) is 237 Å². The summed E-state index contributed by atoms with van der Waals surface area (Å²) < 4.78 is 68.1. The minimum atomic E-state index is -4.95. The van der Waals surface area contributed by atoms with E-state index in [4.69, 9.17) is 37.0 Å². The number of unbranched alkanes of at least 4 members (excludes halogenated alkanes) is 27. The van der Waals surface area contributed by atoms with Crippen molar-refractivity contribution in [1.82, 2.24) is 0 Å². The van der Waals surface area contributed by atoms with Gasteiger partial charge in [0, 0.05) is 25.7 Å². The fourth-order valence-electron chi connectivity index (χ4n) is 9.72. The Morgan fingerprint density at radius 1 is 0.329 bits per heavy atom. The van der Waals surface area contributed by atoms with Crippen molar-refractivity contribution in [1.29, 1.82) is 0 Å². The smallest absolute Gasteiger partial charge is 0.462 e. The van der Waals surface area contributed by atoms with Crippen molar-refractivity contribution in [2.24, 2.45) is 23.7 Å². The molecule has 0 rings (SSSR count). The van der Waals surface area contributed by atoms with Crippen LogP contribution >= 0.6 is 15.6 Å². The van der Waals surface area contributed by atoms with Gasteiger partial charge in [-0.05, 0) is 49.4 Å². The number of phosphoric ester groups is 2. The Kier molecular flexibility index (Phi) is 54.8. The molecule has 0 radical (unpaired) electrons. The van der Waals surface area contributed by atoms with Crippen molar-refractivity contribution in [2.45, 2.75) is 337 Å². The zero-order chi connectivity index (χ0) is 63.2. The van der Waals surface area contributed by atoms with Gasteiger partial charge in [-0.2, -0.15) is 0 Å². The third-order valence-electron chi connectivity index (χ3n) is 15.8. The Balaban J connectivity index is 5.26. The van der Waals surface area contributed by atoms with E-state index in [0.717, 1.165) is 120 Å². The van der Waals surface area contributed by atoms with Crippen LogP contribution in [-0.4, -0.2) is 96.7 Å². The number of carbonyl (C=O) groups is 4. The molecule has 0 aliphatic rings. The normalized spacial score (nSPS) is 15.0. The number of phosphoric acid groups is 2. The molecule has 0 bridgehead atoms. The van der Waals surface area contributed by atoms with Crippen molar-refractivity contribution in [2.75, 3.05) is 39.6 Å². The van der Waals surface area contributed by atoms with Crippen molar-refractivity contribution >= 4 is 39.5 Å². The number of ether oxygens (including phenoxy) is 4. The van der Waals surface area contributed by atoms with E-state index in [1.54, 1.807) is 0 Å². The van der Waals surface area contributed by atoms with Crippen LogP contribution in [0.25, 0.3) is 0 Å². The molecule has 19 heteroatoms. The van der Waals surface area contributed by atoms with E-state index in [1.165, 1.54) is 116 Å². The molecule has 0 heterocycles. The molecule has 0 aromatic carbocycles. The number of hydrogen-bond acceptors (Lipinski definition) is 15. The van der Waals surface area contributed by atoms with E-state index < -0.39 is 97.5 Å². The number of aliphatic hydroxyl groups excluding tert-OH is 1. The van der Waals surface area contributed by atoms with Crippen LogP contribution in [0.15, 0.2) is 0 Å². The molecule has 3 N–H and O–H groups in total. The van der Waals surface area contributed by atoms with Crippen LogP contribution in [0.1, 0.15) is 319 Å². The third-order valence-corrected chi connectivity index (χ3v) is 17.7. The van der Waals surface area contributed by atoms with Gasteiger partial charge in [0.25, 0.3) is 0 Å². The monoisotopic (exact) mass is 1250 g/mol. The van der Waals surface area contributed by atoms with Crippen LogP contribution < -0.4 is 0 Å². The molecule has 504 valence electrons. The standard InChI is InChI=1S/C66H128O17P2/c1-9-58(7)44-36-28-22-24-31-39-47-64(69)77-53-62(83-66(71)49-41-33-25-23-29-37-45-59(8)10-2)55-81-85(74,75)79-51-60(67)50-78-84(72,73)80-54-61(52-76-63(68)46-38-30-20-17-16-19-27-35-43-57(5)6)82-65(70)48-40-32-21-15-13-11-12-14-18-26-34-42-56(3)4/h56-62,67H,9-55H2,1-8H3,(H,72,73)(H,74,75)/t58?,59?,60?,61-,62-/m1/s1. The van der Waals surface area contributed by atoms with Gasteiger partial charge >= 0.3 is 39.5 Å². The summed E-state index contributed by atoms with van der Waals surface area (Å²) in [7, 11) is -9.89. The minimum Gasteiger partial charge on any atom is -0.462 e. The fraction of sp³-hybridized carbons (Fsp3) is 0.939. The van der Waals surface area contributed by atoms with Gasteiger partial charge in [-0.1, -0.05) is 267 Å². The third kappa shape index (κ3) is 58.2. The summed E-state index contributed by atoms with van der Waals surface area (Å²) in [5, 5.41) is 10.6. The Hall–Kier alpha value is -1.94. The molecule has 0 fully saturated rings. The Morgan fingerprint density at radius 3 is 0.835 bits per heavy atom. The van der Waals surface area contributed by atoms with Crippen LogP contribution in [0.5, 0.6) is 0 Å². The second-order valence-corrected chi connectivity index (χ2v) is 28.2. The average Bonchev–Trinajstić information content (AvgIpc) is 3.56. The molecule has 85 heavy (non-hydrogen) atoms. The number of carbonyl (C=O) groups excluding carboxylic acids is 4. The second kappa shape index (κ2) is 56.1. The van der Waals surface area contributed by atoms with E-state index in [9.17, 15) is 43.2 Å². The maximum atomic E-state index is 13.0. The van der Waals surface area contributed by atoms with Gasteiger partial charge in [-0.25, -0.2) is 9.13 Å². The first-order chi connectivity index (χ1) is 40.7. The van der Waals surface area contributed by atoms with Gasteiger partial charge in [-0.3, -0.25) is 37.3 Å². The SMILES string of the molecule is CCC(C)CCCCCCCCC(=O)OC[C@H](COP(=O)(O)OCC(O)COP(=O)(O)OC[C@@H](COC(=O)CCCCCCCCCCC(C)C)OC(=O)CCCCCCCCCCCCCC(C)C)OC(=O)CCCCCCCCC(C)CC. The van der Waals surface area contributed by atoms with E-state index >= 15 is 0 Å². The number of aliphatic hydroxyl groups is 1. The summed E-state index contributed by atoms with van der Waals surface area (Å²) in [5.74, 6) is 0.804. The summed E-state index contributed by atoms with van der Waals surface area (Å²) in [5.41, 5.74) is 0. The lowest BCUT2D eigenvalue weighted by Crippen LogP contribution is -2.30. The predicted octanol–water partition coefficient (Wildman–Crippen LogP) is 18.1. The molecule has 5 unspecified atom stereocenters. The summed E-state index contributed by atoms with van der Waals surface area (Å²) in [6.45, 7) is 14.0. The van der Waals surface area contributed by atoms with Gasteiger partial charge in [0.2, 0.25) is 0 Å². The number of rotatable bonds is 63. The summed E-state index contributed by atoms with van der Waals surface area (Å²) in [6.07, 6.45) is 36.3.